The molecule has 2 aromatic carbocycles. The molecule has 1 N–H and O–H groups in total. The summed E-state index contributed by atoms with van der Waals surface area (Å²) in [5, 5.41) is 3.62. The number of amides is 1. The Morgan fingerprint density at radius 3 is 2.52 bits per heavy atom. The number of halogens is 2. The Morgan fingerprint density at radius 1 is 1.14 bits per heavy atom. The van der Waals surface area contributed by atoms with E-state index in [0.29, 0.717) is 28.8 Å². The van der Waals surface area contributed by atoms with Gasteiger partial charge in [0.1, 0.15) is 0 Å². The second kappa shape index (κ2) is 9.91. The molecular weight excluding hydrogens is 435 g/mol. The Labute approximate surface area is 180 Å². The van der Waals surface area contributed by atoms with Crippen molar-refractivity contribution in [3.05, 3.63) is 64.1 Å². The molecule has 1 aliphatic heterocycles. The number of benzene rings is 2. The maximum Gasteiger partial charge on any atom is 0.243 e. The van der Waals surface area contributed by atoms with Crippen molar-refractivity contribution in [1.29, 1.82) is 0 Å². The number of carbonyl (C=O) groups excluding carboxylic acids is 1. The van der Waals surface area contributed by atoms with Crippen LogP contribution in [-0.4, -0.2) is 44.4 Å². The molecule has 1 fully saturated rings. The van der Waals surface area contributed by atoms with Crippen molar-refractivity contribution in [3.8, 4) is 0 Å². The molecule has 1 atom stereocenters. The van der Waals surface area contributed by atoms with Crippen LogP contribution in [0, 0.1) is 0 Å². The molecule has 0 bridgehead atoms. The molecule has 9 heteroatoms. The van der Waals surface area contributed by atoms with Crippen molar-refractivity contribution in [2.75, 3.05) is 19.7 Å². The van der Waals surface area contributed by atoms with Gasteiger partial charge in [0.2, 0.25) is 15.9 Å². The van der Waals surface area contributed by atoms with Crippen LogP contribution in [0.2, 0.25) is 10.0 Å². The number of nitrogens with one attached hydrogen (secondary N) is 1. The lowest BCUT2D eigenvalue weighted by Gasteiger charge is -2.23. The number of nitrogens with zero attached hydrogens (tertiary/aromatic N) is 1. The van der Waals surface area contributed by atoms with Gasteiger partial charge in [-0.3, -0.25) is 4.79 Å². The number of carbonyl (C=O) groups is 1. The summed E-state index contributed by atoms with van der Waals surface area (Å²) in [6.45, 7) is 0.685. The fourth-order valence-electron chi connectivity index (χ4n) is 3.05. The van der Waals surface area contributed by atoms with Gasteiger partial charge in [-0.2, -0.15) is 4.31 Å². The first-order chi connectivity index (χ1) is 13.9. The first kappa shape index (κ1) is 22.1. The second-order valence-electron chi connectivity index (χ2n) is 6.76. The van der Waals surface area contributed by atoms with E-state index in [1.165, 1.54) is 24.3 Å². The molecule has 156 valence electrons. The highest BCUT2D eigenvalue weighted by molar-refractivity contribution is 7.89. The number of ether oxygens (including phenoxy) is 1. The molecule has 3 rings (SSSR count). The van der Waals surface area contributed by atoms with Gasteiger partial charge >= 0.3 is 0 Å². The average Bonchev–Trinajstić information content (AvgIpc) is 3.21. The normalized spacial score (nSPS) is 16.9. The van der Waals surface area contributed by atoms with E-state index in [2.05, 4.69) is 5.32 Å². The molecule has 1 unspecified atom stereocenters. The van der Waals surface area contributed by atoms with Gasteiger partial charge in [0.05, 0.1) is 17.5 Å². The van der Waals surface area contributed by atoms with Crippen LogP contribution in [0.3, 0.4) is 0 Å². The third-order valence-electron chi connectivity index (χ3n) is 4.63. The van der Waals surface area contributed by atoms with Gasteiger partial charge in [-0.05, 0) is 48.7 Å². The van der Waals surface area contributed by atoms with E-state index in [0.717, 1.165) is 17.1 Å². The highest BCUT2D eigenvalue weighted by Gasteiger charge is 2.28. The van der Waals surface area contributed by atoms with Crippen molar-refractivity contribution in [2.45, 2.75) is 30.4 Å². The van der Waals surface area contributed by atoms with Crippen LogP contribution in [0.1, 0.15) is 18.4 Å². The summed E-state index contributed by atoms with van der Waals surface area (Å²) in [7, 11) is -3.94. The number of hydrogen-bond donors (Lipinski definition) is 1. The third kappa shape index (κ3) is 5.93. The molecule has 1 aliphatic rings. The maximum absolute atomic E-state index is 13.2. The van der Waals surface area contributed by atoms with Crippen molar-refractivity contribution in [2.24, 2.45) is 0 Å². The average molecular weight is 457 g/mol. The molecule has 0 saturated carbocycles. The van der Waals surface area contributed by atoms with Gasteiger partial charge < -0.3 is 10.1 Å². The summed E-state index contributed by atoms with van der Waals surface area (Å²) in [5.74, 6) is -0.398. The highest BCUT2D eigenvalue weighted by atomic mass is 35.5. The van der Waals surface area contributed by atoms with Gasteiger partial charge in [-0.25, -0.2) is 8.42 Å². The predicted octanol–water partition coefficient (Wildman–Crippen LogP) is 3.48. The van der Waals surface area contributed by atoms with Crippen molar-refractivity contribution in [3.63, 3.8) is 0 Å². The van der Waals surface area contributed by atoms with E-state index in [9.17, 15) is 13.2 Å². The Balaban J connectivity index is 1.79. The minimum absolute atomic E-state index is 0.0242. The zero-order chi connectivity index (χ0) is 20.9. The molecule has 0 aromatic heterocycles. The lowest BCUT2D eigenvalue weighted by molar-refractivity contribution is -0.121. The SMILES string of the molecule is O=C(CN(Cc1ccccc1Cl)S(=O)(=O)c1ccc(Cl)cc1)NCC1CCCO1. The molecule has 1 amide bonds. The Morgan fingerprint density at radius 2 is 1.86 bits per heavy atom. The van der Waals surface area contributed by atoms with E-state index in [4.69, 9.17) is 27.9 Å². The Kier molecular flexibility index (Phi) is 7.54. The smallest absolute Gasteiger partial charge is 0.243 e. The molecule has 1 heterocycles. The minimum atomic E-state index is -3.94. The molecule has 0 radical (unpaired) electrons. The van der Waals surface area contributed by atoms with E-state index in [1.807, 2.05) is 0 Å². The fourth-order valence-corrected chi connectivity index (χ4v) is 4.74. The van der Waals surface area contributed by atoms with Crippen LogP contribution in [0.5, 0.6) is 0 Å². The third-order valence-corrected chi connectivity index (χ3v) is 7.05. The van der Waals surface area contributed by atoms with E-state index >= 15 is 0 Å². The molecule has 6 nitrogen and oxygen atoms in total. The van der Waals surface area contributed by atoms with Crippen molar-refractivity contribution >= 4 is 39.1 Å². The standard InChI is InChI=1S/C20H22Cl2N2O4S/c21-16-7-9-18(10-8-16)29(26,27)24(13-15-4-1-2-6-19(15)22)14-20(25)23-12-17-5-3-11-28-17/h1-2,4,6-10,17H,3,5,11-14H2,(H,23,25). The van der Waals surface area contributed by atoms with Crippen molar-refractivity contribution in [1.82, 2.24) is 9.62 Å². The fraction of sp³-hybridized carbons (Fsp3) is 0.350. The van der Waals surface area contributed by atoms with Crippen LogP contribution < -0.4 is 5.32 Å². The van der Waals surface area contributed by atoms with E-state index in [-0.39, 0.29) is 24.1 Å². The first-order valence-electron chi connectivity index (χ1n) is 9.23. The first-order valence-corrected chi connectivity index (χ1v) is 11.4. The van der Waals surface area contributed by atoms with Crippen LogP contribution in [0.4, 0.5) is 0 Å². The van der Waals surface area contributed by atoms with Crippen molar-refractivity contribution < 1.29 is 17.9 Å². The van der Waals surface area contributed by atoms with Gasteiger partial charge in [0.25, 0.3) is 0 Å². The van der Waals surface area contributed by atoms with E-state index in [1.54, 1.807) is 24.3 Å². The topological polar surface area (TPSA) is 75.7 Å². The molecule has 0 aliphatic carbocycles. The van der Waals surface area contributed by atoms with Crippen LogP contribution in [0.25, 0.3) is 0 Å². The summed E-state index contributed by atoms with van der Waals surface area (Å²) >= 11 is 12.1. The van der Waals surface area contributed by atoms with Crippen LogP contribution in [-0.2, 0) is 26.1 Å². The number of hydrogen-bond acceptors (Lipinski definition) is 4. The summed E-state index contributed by atoms with van der Waals surface area (Å²) < 4.78 is 33.0. The summed E-state index contributed by atoms with van der Waals surface area (Å²) in [6.07, 6.45) is 1.82. The van der Waals surface area contributed by atoms with Gasteiger partial charge in [-0.15, -0.1) is 0 Å². The second-order valence-corrected chi connectivity index (χ2v) is 9.54. The monoisotopic (exact) mass is 456 g/mol. The molecular formula is C20H22Cl2N2O4S. The highest BCUT2D eigenvalue weighted by Crippen LogP contribution is 2.23. The van der Waals surface area contributed by atoms with Crippen LogP contribution >= 0.6 is 23.2 Å². The maximum atomic E-state index is 13.2. The van der Waals surface area contributed by atoms with Gasteiger partial charge in [-0.1, -0.05) is 41.4 Å². The largest absolute Gasteiger partial charge is 0.376 e. The van der Waals surface area contributed by atoms with E-state index < -0.39 is 15.9 Å². The predicted molar refractivity (Wildman–Crippen MR) is 112 cm³/mol. The Bertz CT molecular complexity index is 945. The Hall–Kier alpha value is -1.64. The molecule has 0 spiro atoms. The summed E-state index contributed by atoms with van der Waals surface area (Å²) in [6, 6.07) is 12.8. The lowest BCUT2D eigenvalue weighted by Crippen LogP contribution is -2.42. The molecule has 29 heavy (non-hydrogen) atoms. The zero-order valence-electron chi connectivity index (χ0n) is 15.7. The lowest BCUT2D eigenvalue weighted by atomic mass is 10.2. The number of sulfonamides is 1. The number of rotatable bonds is 8. The minimum Gasteiger partial charge on any atom is -0.376 e. The molecule has 1 saturated heterocycles. The van der Waals surface area contributed by atoms with Gasteiger partial charge in [0, 0.05) is 29.7 Å². The van der Waals surface area contributed by atoms with Crippen LogP contribution in [0.15, 0.2) is 53.4 Å². The molecule has 2 aromatic rings. The summed E-state index contributed by atoms with van der Waals surface area (Å²) in [5.41, 5.74) is 0.610. The quantitative estimate of drug-likeness (QED) is 0.659. The summed E-state index contributed by atoms with van der Waals surface area (Å²) in [4.78, 5) is 12.5. The zero-order valence-corrected chi connectivity index (χ0v) is 18.0. The van der Waals surface area contributed by atoms with Gasteiger partial charge in [0.15, 0.2) is 0 Å².